The van der Waals surface area contributed by atoms with E-state index in [0.29, 0.717) is 45.3 Å². The van der Waals surface area contributed by atoms with Gasteiger partial charge in [0.1, 0.15) is 5.82 Å². The second kappa shape index (κ2) is 10.5. The van der Waals surface area contributed by atoms with E-state index in [-0.39, 0.29) is 17.7 Å². The van der Waals surface area contributed by atoms with Crippen molar-refractivity contribution in [2.24, 2.45) is 5.92 Å². The Morgan fingerprint density at radius 3 is 2.49 bits per heavy atom. The summed E-state index contributed by atoms with van der Waals surface area (Å²) in [6, 6.07) is 22.0. The number of rotatable bonds is 7. The Labute approximate surface area is 204 Å². The number of nitrogens with zero attached hydrogens (tertiary/aromatic N) is 4. The summed E-state index contributed by atoms with van der Waals surface area (Å²) < 4.78 is 2.14. The molecule has 4 aromatic rings. The molecule has 1 aliphatic rings. The number of carbonyl (C=O) groups excluding carboxylic acids is 2. The minimum Gasteiger partial charge on any atom is -0.352 e. The number of pyridine rings is 1. The number of carbonyl (C=O) groups is 2. The fourth-order valence-corrected chi connectivity index (χ4v) is 4.71. The summed E-state index contributed by atoms with van der Waals surface area (Å²) in [6.45, 7) is 1.70. The second-order valence-electron chi connectivity index (χ2n) is 8.92. The van der Waals surface area contributed by atoms with Crippen molar-refractivity contribution in [3.63, 3.8) is 0 Å². The zero-order valence-electron chi connectivity index (χ0n) is 19.6. The molecule has 0 spiro atoms. The Bertz CT molecular complexity index is 1290. The lowest BCUT2D eigenvalue weighted by Crippen LogP contribution is -2.43. The largest absolute Gasteiger partial charge is 0.352 e. The van der Waals surface area contributed by atoms with Crippen molar-refractivity contribution in [2.45, 2.75) is 32.2 Å². The first-order chi connectivity index (χ1) is 17.2. The van der Waals surface area contributed by atoms with E-state index < -0.39 is 0 Å². The Morgan fingerprint density at radius 2 is 1.71 bits per heavy atom. The maximum absolute atomic E-state index is 13.0. The highest BCUT2D eigenvalue weighted by Gasteiger charge is 2.27. The molecule has 0 bridgehead atoms. The van der Waals surface area contributed by atoms with E-state index in [4.69, 9.17) is 4.98 Å². The molecule has 0 aliphatic carbocycles. The lowest BCUT2D eigenvalue weighted by molar-refractivity contribution is -0.135. The Kier molecular flexibility index (Phi) is 6.84. The lowest BCUT2D eigenvalue weighted by Gasteiger charge is -2.31. The third-order valence-electron chi connectivity index (χ3n) is 6.62. The van der Waals surface area contributed by atoms with E-state index in [2.05, 4.69) is 33.1 Å². The van der Waals surface area contributed by atoms with Gasteiger partial charge in [-0.1, -0.05) is 36.4 Å². The van der Waals surface area contributed by atoms with Gasteiger partial charge in [0.2, 0.25) is 11.8 Å². The highest BCUT2D eigenvalue weighted by Crippen LogP contribution is 2.23. The van der Waals surface area contributed by atoms with E-state index in [1.807, 2.05) is 53.4 Å². The number of amides is 2. The third kappa shape index (κ3) is 5.24. The van der Waals surface area contributed by atoms with Crippen LogP contribution in [0.25, 0.3) is 16.7 Å². The minimum atomic E-state index is -0.0574. The van der Waals surface area contributed by atoms with Crippen LogP contribution in [0, 0.1) is 5.92 Å². The number of benzene rings is 2. The number of imidazole rings is 1. The summed E-state index contributed by atoms with van der Waals surface area (Å²) in [4.78, 5) is 36.4. The van der Waals surface area contributed by atoms with E-state index in [9.17, 15) is 9.59 Å². The van der Waals surface area contributed by atoms with Gasteiger partial charge in [-0.3, -0.25) is 19.1 Å². The van der Waals surface area contributed by atoms with Gasteiger partial charge < -0.3 is 10.2 Å². The van der Waals surface area contributed by atoms with Crippen LogP contribution < -0.4 is 5.32 Å². The Hall–Kier alpha value is -4.00. The molecule has 2 aromatic heterocycles. The molecule has 1 N–H and O–H groups in total. The monoisotopic (exact) mass is 467 g/mol. The van der Waals surface area contributed by atoms with Gasteiger partial charge >= 0.3 is 0 Å². The normalized spacial score (nSPS) is 14.2. The summed E-state index contributed by atoms with van der Waals surface area (Å²) in [5.41, 5.74) is 3.99. The van der Waals surface area contributed by atoms with E-state index in [1.165, 1.54) is 0 Å². The molecule has 7 heteroatoms. The van der Waals surface area contributed by atoms with Crippen LogP contribution in [0.5, 0.6) is 0 Å². The standard InChI is InChI=1S/C28H29N5O2/c34-27(32-17-14-22(15-18-32)28(35)30-20-21-7-6-16-29-19-21)13-12-26-31-24-10-4-5-11-25(24)33(26)23-8-2-1-3-9-23/h1-11,16,19,22H,12-15,17-18,20H2,(H,30,35). The number of hydrogen-bond acceptors (Lipinski definition) is 4. The first kappa shape index (κ1) is 22.8. The van der Waals surface area contributed by atoms with Crippen molar-refractivity contribution in [1.82, 2.24) is 24.8 Å². The van der Waals surface area contributed by atoms with Gasteiger partial charge in [0.25, 0.3) is 0 Å². The van der Waals surface area contributed by atoms with Crippen LogP contribution in [0.3, 0.4) is 0 Å². The van der Waals surface area contributed by atoms with Gasteiger partial charge in [0.05, 0.1) is 11.0 Å². The maximum atomic E-state index is 13.0. The maximum Gasteiger partial charge on any atom is 0.223 e. The van der Waals surface area contributed by atoms with E-state index >= 15 is 0 Å². The number of hydrogen-bond donors (Lipinski definition) is 1. The fourth-order valence-electron chi connectivity index (χ4n) is 4.71. The van der Waals surface area contributed by atoms with Crippen molar-refractivity contribution < 1.29 is 9.59 Å². The molecule has 2 amide bonds. The van der Waals surface area contributed by atoms with Crippen LogP contribution in [-0.2, 0) is 22.6 Å². The van der Waals surface area contributed by atoms with Crippen LogP contribution in [0.4, 0.5) is 0 Å². The highest BCUT2D eigenvalue weighted by atomic mass is 16.2. The van der Waals surface area contributed by atoms with Crippen LogP contribution in [0.2, 0.25) is 0 Å². The summed E-state index contributed by atoms with van der Waals surface area (Å²) in [5.74, 6) is 0.997. The molecule has 0 unspecified atom stereocenters. The molecule has 0 saturated carbocycles. The fraction of sp³-hybridized carbons (Fsp3) is 0.286. The van der Waals surface area contributed by atoms with Gasteiger partial charge in [-0.25, -0.2) is 4.98 Å². The molecule has 178 valence electrons. The van der Waals surface area contributed by atoms with Crippen molar-refractivity contribution in [3.05, 3.63) is 90.5 Å². The average Bonchev–Trinajstić information content (AvgIpc) is 3.30. The van der Waals surface area contributed by atoms with Gasteiger partial charge in [-0.05, 0) is 48.7 Å². The van der Waals surface area contributed by atoms with Crippen LogP contribution in [-0.4, -0.2) is 44.3 Å². The molecule has 0 atom stereocenters. The van der Waals surface area contributed by atoms with Crippen molar-refractivity contribution in [3.8, 4) is 5.69 Å². The molecule has 0 radical (unpaired) electrons. The smallest absolute Gasteiger partial charge is 0.223 e. The summed E-state index contributed by atoms with van der Waals surface area (Å²) in [5, 5.41) is 3.00. The van der Waals surface area contributed by atoms with Crippen molar-refractivity contribution in [1.29, 1.82) is 0 Å². The number of para-hydroxylation sites is 3. The molecule has 1 saturated heterocycles. The highest BCUT2D eigenvalue weighted by molar-refractivity contribution is 5.81. The molecule has 1 fully saturated rings. The number of piperidine rings is 1. The zero-order chi connectivity index (χ0) is 24.0. The Morgan fingerprint density at radius 1 is 0.943 bits per heavy atom. The number of fused-ring (bicyclic) bond motifs is 1. The number of likely N-dealkylation sites (tertiary alicyclic amines) is 1. The molecule has 2 aromatic carbocycles. The van der Waals surface area contributed by atoms with Gasteiger partial charge in [-0.2, -0.15) is 0 Å². The summed E-state index contributed by atoms with van der Waals surface area (Å²) in [7, 11) is 0. The predicted octanol–water partition coefficient (Wildman–Crippen LogP) is 3.91. The predicted molar refractivity (Wildman–Crippen MR) is 135 cm³/mol. The van der Waals surface area contributed by atoms with Crippen LogP contribution in [0.15, 0.2) is 79.1 Å². The van der Waals surface area contributed by atoms with Gasteiger partial charge in [-0.15, -0.1) is 0 Å². The number of nitrogens with one attached hydrogen (secondary N) is 1. The first-order valence-corrected chi connectivity index (χ1v) is 12.2. The van der Waals surface area contributed by atoms with Crippen molar-refractivity contribution in [2.75, 3.05) is 13.1 Å². The molecule has 3 heterocycles. The average molecular weight is 468 g/mol. The van der Waals surface area contributed by atoms with Crippen molar-refractivity contribution >= 4 is 22.8 Å². The van der Waals surface area contributed by atoms with Gasteiger partial charge in [0, 0.05) is 56.5 Å². The first-order valence-electron chi connectivity index (χ1n) is 12.2. The van der Waals surface area contributed by atoms with Gasteiger partial charge in [0.15, 0.2) is 0 Å². The Balaban J connectivity index is 1.17. The van der Waals surface area contributed by atoms with E-state index in [0.717, 1.165) is 28.1 Å². The zero-order valence-corrected chi connectivity index (χ0v) is 19.6. The van der Waals surface area contributed by atoms with Crippen LogP contribution in [0.1, 0.15) is 30.7 Å². The molecular formula is C28H29N5O2. The SMILES string of the molecule is O=C(NCc1cccnc1)C1CCN(C(=O)CCc2nc3ccccc3n2-c2ccccc2)CC1. The number of aromatic nitrogens is 3. The topological polar surface area (TPSA) is 80.1 Å². The van der Waals surface area contributed by atoms with Crippen LogP contribution >= 0.6 is 0 Å². The van der Waals surface area contributed by atoms with E-state index in [1.54, 1.807) is 12.4 Å². The molecule has 7 nitrogen and oxygen atoms in total. The molecule has 35 heavy (non-hydrogen) atoms. The second-order valence-corrected chi connectivity index (χ2v) is 8.92. The molecule has 1 aliphatic heterocycles. The lowest BCUT2D eigenvalue weighted by atomic mass is 9.95. The molecular weight excluding hydrogens is 438 g/mol. The quantitative estimate of drug-likeness (QED) is 0.447. The summed E-state index contributed by atoms with van der Waals surface area (Å²) in [6.07, 6.45) is 5.81. The number of aryl methyl sites for hydroxylation is 1. The molecule has 5 rings (SSSR count). The summed E-state index contributed by atoms with van der Waals surface area (Å²) >= 11 is 0. The minimum absolute atomic E-state index is 0.0533. The third-order valence-corrected chi connectivity index (χ3v) is 6.62.